The lowest BCUT2D eigenvalue weighted by molar-refractivity contribution is -0.0842. The second kappa shape index (κ2) is 9.59. The lowest BCUT2D eigenvalue weighted by Gasteiger charge is -2.37. The van der Waals surface area contributed by atoms with E-state index in [4.69, 9.17) is 14.2 Å². The molecule has 1 saturated heterocycles. The largest absolute Gasteiger partial charge is 0.493 e. The predicted molar refractivity (Wildman–Crippen MR) is 114 cm³/mol. The molecule has 0 bridgehead atoms. The highest BCUT2D eigenvalue weighted by atomic mass is 16.6. The van der Waals surface area contributed by atoms with Gasteiger partial charge in [-0.1, -0.05) is 72.8 Å². The molecule has 29 heavy (non-hydrogen) atoms. The molecule has 0 aliphatic carbocycles. The van der Waals surface area contributed by atoms with Gasteiger partial charge in [0.25, 0.3) is 0 Å². The van der Waals surface area contributed by atoms with Crippen molar-refractivity contribution < 1.29 is 14.2 Å². The van der Waals surface area contributed by atoms with Crippen molar-refractivity contribution in [3.63, 3.8) is 0 Å². The van der Waals surface area contributed by atoms with Gasteiger partial charge in [0.2, 0.25) is 0 Å². The quantitative estimate of drug-likeness (QED) is 0.585. The van der Waals surface area contributed by atoms with Crippen molar-refractivity contribution in [1.29, 1.82) is 0 Å². The molecule has 4 rings (SSSR count). The van der Waals surface area contributed by atoms with Gasteiger partial charge in [-0.25, -0.2) is 0 Å². The van der Waals surface area contributed by atoms with Crippen LogP contribution in [0.15, 0.2) is 84.9 Å². The maximum Gasteiger partial charge on any atom is 0.162 e. The van der Waals surface area contributed by atoms with E-state index in [1.165, 1.54) is 5.56 Å². The summed E-state index contributed by atoms with van der Waals surface area (Å²) in [7, 11) is 1.67. The van der Waals surface area contributed by atoms with Crippen molar-refractivity contribution in [1.82, 2.24) is 4.90 Å². The monoisotopic (exact) mass is 389 g/mol. The molecule has 1 aliphatic heterocycles. The molecule has 0 N–H and O–H groups in total. The highest BCUT2D eigenvalue weighted by molar-refractivity contribution is 5.40. The molecule has 2 unspecified atom stereocenters. The molecule has 150 valence electrons. The number of morpholine rings is 1. The average molecular weight is 389 g/mol. The maximum atomic E-state index is 6.48. The Kier molecular flexibility index (Phi) is 6.45. The highest BCUT2D eigenvalue weighted by Gasteiger charge is 2.31. The predicted octanol–water partition coefficient (Wildman–Crippen LogP) is 4.72. The topological polar surface area (TPSA) is 30.9 Å². The third kappa shape index (κ3) is 4.97. The normalized spacial score (nSPS) is 18.2. The molecule has 4 heteroatoms. The van der Waals surface area contributed by atoms with E-state index in [1.807, 2.05) is 42.5 Å². The summed E-state index contributed by atoms with van der Waals surface area (Å²) in [5, 5.41) is 0. The summed E-state index contributed by atoms with van der Waals surface area (Å²) in [6.07, 6.45) is -0.286. The second-order valence-corrected chi connectivity index (χ2v) is 7.23. The zero-order chi connectivity index (χ0) is 19.9. The minimum absolute atomic E-state index is 0.0697. The Labute approximate surface area is 172 Å². The standard InChI is InChI=1S/C25H27NO3/c1-27-22-14-8-9-15-23(22)29-25(21-12-6-3-7-13-21)24-19-26(16-17-28-24)18-20-10-4-2-5-11-20/h2-15,24-25H,16-19H2,1H3. The fourth-order valence-electron chi connectivity index (χ4n) is 3.75. The van der Waals surface area contributed by atoms with Crippen molar-refractivity contribution in [2.45, 2.75) is 18.8 Å². The molecule has 0 spiro atoms. The van der Waals surface area contributed by atoms with E-state index in [2.05, 4.69) is 47.4 Å². The van der Waals surface area contributed by atoms with Crippen LogP contribution in [0.1, 0.15) is 17.2 Å². The Bertz CT molecular complexity index is 885. The van der Waals surface area contributed by atoms with Gasteiger partial charge in [-0.3, -0.25) is 4.90 Å². The molecule has 2 atom stereocenters. The smallest absolute Gasteiger partial charge is 0.162 e. The molecule has 3 aromatic rings. The van der Waals surface area contributed by atoms with Gasteiger partial charge >= 0.3 is 0 Å². The van der Waals surface area contributed by atoms with E-state index >= 15 is 0 Å². The zero-order valence-electron chi connectivity index (χ0n) is 16.7. The van der Waals surface area contributed by atoms with Crippen LogP contribution in [0.3, 0.4) is 0 Å². The summed E-state index contributed by atoms with van der Waals surface area (Å²) in [6.45, 7) is 3.33. The third-order valence-electron chi connectivity index (χ3n) is 5.22. The number of rotatable bonds is 7. The van der Waals surface area contributed by atoms with Crippen LogP contribution < -0.4 is 9.47 Å². The lowest BCUT2D eigenvalue weighted by Crippen LogP contribution is -2.45. The summed E-state index contributed by atoms with van der Waals surface area (Å²) >= 11 is 0. The van der Waals surface area contributed by atoms with Crippen LogP contribution in [-0.2, 0) is 11.3 Å². The second-order valence-electron chi connectivity index (χ2n) is 7.23. The van der Waals surface area contributed by atoms with E-state index < -0.39 is 0 Å². The minimum Gasteiger partial charge on any atom is -0.493 e. The first kappa shape index (κ1) is 19.5. The summed E-state index contributed by atoms with van der Waals surface area (Å²) in [5.41, 5.74) is 2.42. The van der Waals surface area contributed by atoms with E-state index in [0.717, 1.165) is 36.7 Å². The van der Waals surface area contributed by atoms with Crippen LogP contribution in [0.4, 0.5) is 0 Å². The molecular formula is C25H27NO3. The molecule has 0 saturated carbocycles. The number of ether oxygens (including phenoxy) is 3. The van der Waals surface area contributed by atoms with E-state index in [0.29, 0.717) is 6.61 Å². The molecule has 1 fully saturated rings. The summed E-state index contributed by atoms with van der Waals surface area (Å²) in [6, 6.07) is 28.6. The molecule has 1 heterocycles. The van der Waals surface area contributed by atoms with E-state index in [1.54, 1.807) is 7.11 Å². The lowest BCUT2D eigenvalue weighted by atomic mass is 10.0. The SMILES string of the molecule is COc1ccccc1OC(c1ccccc1)C1CN(Cc2ccccc2)CCO1. The van der Waals surface area contributed by atoms with Crippen LogP contribution in [0, 0.1) is 0 Å². The Morgan fingerprint density at radius 1 is 0.897 bits per heavy atom. The number of nitrogens with zero attached hydrogens (tertiary/aromatic N) is 1. The average Bonchev–Trinajstić information content (AvgIpc) is 2.79. The number of para-hydroxylation sites is 2. The molecule has 0 radical (unpaired) electrons. The molecule has 3 aromatic carbocycles. The fourth-order valence-corrected chi connectivity index (χ4v) is 3.75. The van der Waals surface area contributed by atoms with Crippen LogP contribution in [0.2, 0.25) is 0 Å². The number of hydrogen-bond donors (Lipinski definition) is 0. The van der Waals surface area contributed by atoms with Crippen LogP contribution in [0.5, 0.6) is 11.5 Å². The van der Waals surface area contributed by atoms with Crippen LogP contribution in [0.25, 0.3) is 0 Å². The Balaban J connectivity index is 1.55. The van der Waals surface area contributed by atoms with Crippen molar-refractivity contribution in [3.05, 3.63) is 96.1 Å². The molecule has 4 nitrogen and oxygen atoms in total. The van der Waals surface area contributed by atoms with Gasteiger partial charge in [-0.15, -0.1) is 0 Å². The first-order chi connectivity index (χ1) is 14.3. The fraction of sp³-hybridized carbons (Fsp3) is 0.280. The first-order valence-corrected chi connectivity index (χ1v) is 10.1. The van der Waals surface area contributed by atoms with Crippen molar-refractivity contribution in [3.8, 4) is 11.5 Å². The van der Waals surface area contributed by atoms with Crippen LogP contribution >= 0.6 is 0 Å². The van der Waals surface area contributed by atoms with Gasteiger partial charge in [0.05, 0.1) is 13.7 Å². The molecule has 0 aromatic heterocycles. The van der Waals surface area contributed by atoms with Crippen molar-refractivity contribution in [2.24, 2.45) is 0 Å². The van der Waals surface area contributed by atoms with Gasteiger partial charge in [-0.2, -0.15) is 0 Å². The first-order valence-electron chi connectivity index (χ1n) is 10.1. The molecule has 1 aliphatic rings. The third-order valence-corrected chi connectivity index (χ3v) is 5.22. The van der Waals surface area contributed by atoms with E-state index in [9.17, 15) is 0 Å². The summed E-state index contributed by atoms with van der Waals surface area (Å²) in [4.78, 5) is 2.44. The molecule has 0 amide bonds. The van der Waals surface area contributed by atoms with Crippen molar-refractivity contribution in [2.75, 3.05) is 26.8 Å². The van der Waals surface area contributed by atoms with Crippen LogP contribution in [-0.4, -0.2) is 37.8 Å². The van der Waals surface area contributed by atoms with Gasteiger partial charge in [0.15, 0.2) is 17.6 Å². The number of hydrogen-bond acceptors (Lipinski definition) is 4. The summed E-state index contributed by atoms with van der Waals surface area (Å²) in [5.74, 6) is 1.46. The van der Waals surface area contributed by atoms with E-state index in [-0.39, 0.29) is 12.2 Å². The van der Waals surface area contributed by atoms with Gasteiger partial charge in [-0.05, 0) is 23.3 Å². The molecular weight excluding hydrogens is 362 g/mol. The van der Waals surface area contributed by atoms with Gasteiger partial charge in [0.1, 0.15) is 6.10 Å². The number of benzene rings is 3. The van der Waals surface area contributed by atoms with Gasteiger partial charge < -0.3 is 14.2 Å². The summed E-state index contributed by atoms with van der Waals surface area (Å²) < 4.78 is 18.2. The Morgan fingerprint density at radius 2 is 1.55 bits per heavy atom. The Morgan fingerprint density at radius 3 is 2.28 bits per heavy atom. The Hall–Kier alpha value is -2.82. The number of methoxy groups -OCH3 is 1. The maximum absolute atomic E-state index is 6.48. The zero-order valence-corrected chi connectivity index (χ0v) is 16.7. The minimum atomic E-state index is -0.217. The highest BCUT2D eigenvalue weighted by Crippen LogP contribution is 2.34. The van der Waals surface area contributed by atoms with Gasteiger partial charge in [0, 0.05) is 19.6 Å². The van der Waals surface area contributed by atoms with Crippen molar-refractivity contribution >= 4 is 0 Å².